The normalized spacial score (nSPS) is 18.6. The average molecular weight is 252 g/mol. The van der Waals surface area contributed by atoms with E-state index in [-0.39, 0.29) is 5.82 Å². The van der Waals surface area contributed by atoms with Crippen molar-refractivity contribution in [2.24, 2.45) is 0 Å². The Labute approximate surface area is 108 Å². The van der Waals surface area contributed by atoms with E-state index in [9.17, 15) is 4.39 Å². The van der Waals surface area contributed by atoms with Crippen LogP contribution < -0.4 is 10.1 Å². The SMILES string of the molecule is CCC(c1ccc(OC)c(F)c1)N1CCNCC1. The Morgan fingerprint density at radius 2 is 2.11 bits per heavy atom. The molecule has 0 aliphatic carbocycles. The second-order valence-electron chi connectivity index (χ2n) is 4.60. The number of hydrogen-bond donors (Lipinski definition) is 1. The maximum Gasteiger partial charge on any atom is 0.165 e. The van der Waals surface area contributed by atoms with Crippen LogP contribution in [0.25, 0.3) is 0 Å². The Hall–Kier alpha value is -1.13. The minimum absolute atomic E-state index is 0.274. The van der Waals surface area contributed by atoms with Gasteiger partial charge < -0.3 is 10.1 Å². The van der Waals surface area contributed by atoms with E-state index in [4.69, 9.17) is 4.74 Å². The minimum Gasteiger partial charge on any atom is -0.494 e. The molecule has 1 fully saturated rings. The molecule has 0 spiro atoms. The van der Waals surface area contributed by atoms with Crippen LogP contribution in [0.2, 0.25) is 0 Å². The molecular weight excluding hydrogens is 231 g/mol. The summed E-state index contributed by atoms with van der Waals surface area (Å²) in [4.78, 5) is 2.41. The summed E-state index contributed by atoms with van der Waals surface area (Å²) < 4.78 is 18.7. The Kier molecular flexibility index (Phi) is 4.55. The quantitative estimate of drug-likeness (QED) is 0.889. The van der Waals surface area contributed by atoms with E-state index in [1.807, 2.05) is 6.07 Å². The minimum atomic E-state index is -0.274. The van der Waals surface area contributed by atoms with Crippen LogP contribution in [0.1, 0.15) is 24.9 Å². The van der Waals surface area contributed by atoms with Crippen LogP contribution in [-0.4, -0.2) is 38.2 Å². The summed E-state index contributed by atoms with van der Waals surface area (Å²) in [5.41, 5.74) is 1.04. The van der Waals surface area contributed by atoms with Gasteiger partial charge in [0.1, 0.15) is 0 Å². The summed E-state index contributed by atoms with van der Waals surface area (Å²) in [6.07, 6.45) is 0.992. The highest BCUT2D eigenvalue weighted by atomic mass is 19.1. The summed E-state index contributed by atoms with van der Waals surface area (Å²) in [5, 5.41) is 3.34. The summed E-state index contributed by atoms with van der Waals surface area (Å²) in [6, 6.07) is 5.59. The molecule has 0 bridgehead atoms. The first kappa shape index (κ1) is 13.3. The van der Waals surface area contributed by atoms with Crippen molar-refractivity contribution in [2.45, 2.75) is 19.4 Å². The number of methoxy groups -OCH3 is 1. The van der Waals surface area contributed by atoms with Gasteiger partial charge in [-0.05, 0) is 24.1 Å². The lowest BCUT2D eigenvalue weighted by atomic mass is 10.0. The molecule has 1 aliphatic rings. The van der Waals surface area contributed by atoms with Crippen LogP contribution in [0.4, 0.5) is 4.39 Å². The van der Waals surface area contributed by atoms with Gasteiger partial charge in [0.25, 0.3) is 0 Å². The van der Waals surface area contributed by atoms with Crippen LogP contribution in [0.15, 0.2) is 18.2 Å². The molecule has 18 heavy (non-hydrogen) atoms. The van der Waals surface area contributed by atoms with Crippen molar-refractivity contribution < 1.29 is 9.13 Å². The van der Waals surface area contributed by atoms with Gasteiger partial charge in [-0.3, -0.25) is 4.90 Å². The Morgan fingerprint density at radius 1 is 1.39 bits per heavy atom. The third kappa shape index (κ3) is 2.82. The molecule has 1 aliphatic heterocycles. The molecule has 4 heteroatoms. The Bertz CT molecular complexity index is 391. The molecule has 1 unspecified atom stereocenters. The van der Waals surface area contributed by atoms with Gasteiger partial charge in [-0.15, -0.1) is 0 Å². The number of ether oxygens (including phenoxy) is 1. The van der Waals surface area contributed by atoms with Gasteiger partial charge in [0.05, 0.1) is 7.11 Å². The van der Waals surface area contributed by atoms with Crippen molar-refractivity contribution in [3.05, 3.63) is 29.6 Å². The van der Waals surface area contributed by atoms with Gasteiger partial charge in [0.15, 0.2) is 11.6 Å². The number of hydrogen-bond acceptors (Lipinski definition) is 3. The van der Waals surface area contributed by atoms with Crippen LogP contribution in [-0.2, 0) is 0 Å². The number of nitrogens with one attached hydrogen (secondary N) is 1. The van der Waals surface area contributed by atoms with E-state index >= 15 is 0 Å². The highest BCUT2D eigenvalue weighted by Crippen LogP contribution is 2.28. The first-order valence-electron chi connectivity index (χ1n) is 6.54. The molecule has 1 aromatic rings. The van der Waals surface area contributed by atoms with Gasteiger partial charge in [0, 0.05) is 32.2 Å². The highest BCUT2D eigenvalue weighted by Gasteiger charge is 2.21. The second-order valence-corrected chi connectivity index (χ2v) is 4.60. The predicted molar refractivity (Wildman–Crippen MR) is 70.4 cm³/mol. The maximum atomic E-state index is 13.8. The molecule has 2 rings (SSSR count). The van der Waals surface area contributed by atoms with E-state index in [2.05, 4.69) is 17.1 Å². The Morgan fingerprint density at radius 3 is 2.67 bits per heavy atom. The molecule has 1 aromatic carbocycles. The number of nitrogens with zero attached hydrogens (tertiary/aromatic N) is 1. The predicted octanol–water partition coefficient (Wildman–Crippen LogP) is 2.19. The number of rotatable bonds is 4. The van der Waals surface area contributed by atoms with Crippen molar-refractivity contribution in [1.29, 1.82) is 0 Å². The average Bonchev–Trinajstić information content (AvgIpc) is 2.41. The fourth-order valence-electron chi connectivity index (χ4n) is 2.59. The van der Waals surface area contributed by atoms with Crippen molar-refractivity contribution in [3.63, 3.8) is 0 Å². The third-order valence-electron chi connectivity index (χ3n) is 3.54. The zero-order chi connectivity index (χ0) is 13.0. The molecule has 0 amide bonds. The number of benzene rings is 1. The lowest BCUT2D eigenvalue weighted by Gasteiger charge is -2.34. The van der Waals surface area contributed by atoms with E-state index in [1.165, 1.54) is 7.11 Å². The van der Waals surface area contributed by atoms with E-state index in [0.717, 1.165) is 38.2 Å². The number of halogens is 1. The molecule has 1 heterocycles. The monoisotopic (exact) mass is 252 g/mol. The molecule has 0 radical (unpaired) electrons. The molecular formula is C14H21FN2O. The van der Waals surface area contributed by atoms with Crippen molar-refractivity contribution in [1.82, 2.24) is 10.2 Å². The zero-order valence-electron chi connectivity index (χ0n) is 11.1. The van der Waals surface area contributed by atoms with Crippen LogP contribution >= 0.6 is 0 Å². The van der Waals surface area contributed by atoms with Crippen molar-refractivity contribution in [2.75, 3.05) is 33.3 Å². The van der Waals surface area contributed by atoms with Gasteiger partial charge in [-0.2, -0.15) is 0 Å². The molecule has 100 valence electrons. The summed E-state index contributed by atoms with van der Waals surface area (Å²) in [6.45, 7) is 6.21. The molecule has 1 N–H and O–H groups in total. The highest BCUT2D eigenvalue weighted by molar-refractivity contribution is 5.31. The molecule has 1 atom stereocenters. The lowest BCUT2D eigenvalue weighted by molar-refractivity contribution is 0.169. The van der Waals surface area contributed by atoms with Crippen molar-refractivity contribution >= 4 is 0 Å². The van der Waals surface area contributed by atoms with Gasteiger partial charge >= 0.3 is 0 Å². The smallest absolute Gasteiger partial charge is 0.165 e. The van der Waals surface area contributed by atoms with Crippen LogP contribution in [0, 0.1) is 5.82 Å². The van der Waals surface area contributed by atoms with E-state index in [0.29, 0.717) is 11.8 Å². The number of piperazine rings is 1. The lowest BCUT2D eigenvalue weighted by Crippen LogP contribution is -2.45. The van der Waals surface area contributed by atoms with Gasteiger partial charge in [0.2, 0.25) is 0 Å². The maximum absolute atomic E-state index is 13.8. The third-order valence-corrected chi connectivity index (χ3v) is 3.54. The van der Waals surface area contributed by atoms with Crippen molar-refractivity contribution in [3.8, 4) is 5.75 Å². The summed E-state index contributed by atoms with van der Waals surface area (Å²) in [5.74, 6) is 0.0394. The molecule has 0 saturated carbocycles. The van der Waals surface area contributed by atoms with Gasteiger partial charge in [-0.1, -0.05) is 13.0 Å². The topological polar surface area (TPSA) is 24.5 Å². The molecule has 0 aromatic heterocycles. The molecule has 3 nitrogen and oxygen atoms in total. The fourth-order valence-corrected chi connectivity index (χ4v) is 2.59. The second kappa shape index (κ2) is 6.16. The first-order valence-corrected chi connectivity index (χ1v) is 6.54. The summed E-state index contributed by atoms with van der Waals surface area (Å²) >= 11 is 0. The standard InChI is InChI=1S/C14H21FN2O/c1-3-13(17-8-6-16-7-9-17)11-4-5-14(18-2)12(15)10-11/h4-5,10,13,16H,3,6-9H2,1-2H3. The molecule has 1 saturated heterocycles. The van der Waals surface area contributed by atoms with E-state index < -0.39 is 0 Å². The Balaban J connectivity index is 2.18. The van der Waals surface area contributed by atoms with Crippen LogP contribution in [0.3, 0.4) is 0 Å². The zero-order valence-corrected chi connectivity index (χ0v) is 11.1. The fraction of sp³-hybridized carbons (Fsp3) is 0.571. The largest absolute Gasteiger partial charge is 0.494 e. The van der Waals surface area contributed by atoms with Crippen LogP contribution in [0.5, 0.6) is 5.75 Å². The van der Waals surface area contributed by atoms with E-state index in [1.54, 1.807) is 12.1 Å². The van der Waals surface area contributed by atoms with Gasteiger partial charge in [-0.25, -0.2) is 4.39 Å². The first-order chi connectivity index (χ1) is 8.76. The summed E-state index contributed by atoms with van der Waals surface area (Å²) in [7, 11) is 1.49.